The first-order chi connectivity index (χ1) is 8.69. The summed E-state index contributed by atoms with van der Waals surface area (Å²) in [7, 11) is 0. The van der Waals surface area contributed by atoms with E-state index in [2.05, 4.69) is 17.2 Å². The van der Waals surface area contributed by atoms with Gasteiger partial charge in [-0.05, 0) is 29.7 Å². The molecule has 0 saturated carbocycles. The summed E-state index contributed by atoms with van der Waals surface area (Å²) in [5.74, 6) is -0.247. The van der Waals surface area contributed by atoms with Gasteiger partial charge >= 0.3 is 6.03 Å². The third kappa shape index (κ3) is 3.07. The van der Waals surface area contributed by atoms with Gasteiger partial charge in [0.05, 0.1) is 6.54 Å². The highest BCUT2D eigenvalue weighted by Gasteiger charge is 2.04. The Morgan fingerprint density at radius 3 is 3.00 bits per heavy atom. The van der Waals surface area contributed by atoms with Gasteiger partial charge in [0.2, 0.25) is 0 Å². The number of thiophene rings is 1. The van der Waals surface area contributed by atoms with Crippen molar-refractivity contribution >= 4 is 27.5 Å². The van der Waals surface area contributed by atoms with Crippen molar-refractivity contribution in [3.8, 4) is 0 Å². The van der Waals surface area contributed by atoms with Crippen molar-refractivity contribution in [2.24, 2.45) is 0 Å². The maximum Gasteiger partial charge on any atom is 0.315 e. The minimum absolute atomic E-state index is 0.237. The predicted octanol–water partition coefficient (Wildman–Crippen LogP) is 3.03. The zero-order chi connectivity index (χ0) is 13.0. The number of hydrogen-bond donors (Lipinski definition) is 2. The second kappa shape index (κ2) is 5.64. The third-order valence-corrected chi connectivity index (χ3v) is 3.48. The minimum Gasteiger partial charge on any atom is -0.335 e. The van der Waals surface area contributed by atoms with Crippen LogP contribution in [-0.4, -0.2) is 12.6 Å². The lowest BCUT2D eigenvalue weighted by Crippen LogP contribution is -2.34. The molecule has 0 atom stereocenters. The molecule has 1 heterocycles. The SMILES string of the molecule is C=CCNC(=O)NCc1cc2cc(F)ccc2s1. The highest BCUT2D eigenvalue weighted by molar-refractivity contribution is 7.19. The molecule has 0 aliphatic heterocycles. The molecule has 2 aromatic rings. The molecule has 18 heavy (non-hydrogen) atoms. The number of amides is 2. The molecular formula is C13H13FN2OS. The van der Waals surface area contributed by atoms with Crippen molar-refractivity contribution in [1.29, 1.82) is 0 Å². The Balaban J connectivity index is 1.99. The maximum atomic E-state index is 13.0. The molecule has 2 N–H and O–H groups in total. The van der Waals surface area contributed by atoms with Crippen LogP contribution in [0.4, 0.5) is 9.18 Å². The van der Waals surface area contributed by atoms with Gasteiger partial charge in [-0.2, -0.15) is 0 Å². The van der Waals surface area contributed by atoms with Crippen LogP contribution in [0.3, 0.4) is 0 Å². The fourth-order valence-corrected chi connectivity index (χ4v) is 2.54. The van der Waals surface area contributed by atoms with Crippen molar-refractivity contribution in [1.82, 2.24) is 10.6 Å². The molecule has 1 aromatic heterocycles. The molecule has 0 radical (unpaired) electrons. The number of carbonyl (C=O) groups is 1. The first-order valence-corrected chi connectivity index (χ1v) is 6.31. The van der Waals surface area contributed by atoms with E-state index in [1.165, 1.54) is 12.1 Å². The zero-order valence-corrected chi connectivity index (χ0v) is 10.5. The Labute approximate surface area is 108 Å². The van der Waals surface area contributed by atoms with Gasteiger partial charge in [0.25, 0.3) is 0 Å². The number of nitrogens with one attached hydrogen (secondary N) is 2. The summed E-state index contributed by atoms with van der Waals surface area (Å²) in [6.45, 7) is 4.38. The minimum atomic E-state index is -0.247. The molecule has 0 fully saturated rings. The van der Waals surface area contributed by atoms with E-state index in [0.717, 1.165) is 15.0 Å². The van der Waals surface area contributed by atoms with Crippen molar-refractivity contribution in [3.63, 3.8) is 0 Å². The largest absolute Gasteiger partial charge is 0.335 e. The van der Waals surface area contributed by atoms with Gasteiger partial charge in [0.1, 0.15) is 5.82 Å². The van der Waals surface area contributed by atoms with E-state index in [4.69, 9.17) is 0 Å². The molecule has 0 bridgehead atoms. The molecule has 1 aromatic carbocycles. The van der Waals surface area contributed by atoms with Gasteiger partial charge < -0.3 is 10.6 Å². The summed E-state index contributed by atoms with van der Waals surface area (Å²) in [6.07, 6.45) is 1.61. The lowest BCUT2D eigenvalue weighted by Gasteiger charge is -2.03. The van der Waals surface area contributed by atoms with Gasteiger partial charge in [-0.15, -0.1) is 17.9 Å². The molecule has 94 valence electrons. The average molecular weight is 264 g/mol. The number of fused-ring (bicyclic) bond motifs is 1. The lowest BCUT2D eigenvalue weighted by atomic mass is 10.2. The summed E-state index contributed by atoms with van der Waals surface area (Å²) >= 11 is 1.54. The van der Waals surface area contributed by atoms with E-state index in [0.29, 0.717) is 13.1 Å². The second-order valence-electron chi connectivity index (χ2n) is 3.75. The fourth-order valence-electron chi connectivity index (χ4n) is 1.55. The van der Waals surface area contributed by atoms with Crippen LogP contribution in [0.2, 0.25) is 0 Å². The molecular weight excluding hydrogens is 251 g/mol. The van der Waals surface area contributed by atoms with Crippen LogP contribution < -0.4 is 10.6 Å². The smallest absolute Gasteiger partial charge is 0.315 e. The van der Waals surface area contributed by atoms with E-state index < -0.39 is 0 Å². The van der Waals surface area contributed by atoms with Crippen LogP contribution in [0.5, 0.6) is 0 Å². The lowest BCUT2D eigenvalue weighted by molar-refractivity contribution is 0.241. The summed E-state index contributed by atoms with van der Waals surface area (Å²) in [6, 6.07) is 6.33. The van der Waals surface area contributed by atoms with E-state index in [1.807, 2.05) is 6.07 Å². The normalized spacial score (nSPS) is 10.3. The van der Waals surface area contributed by atoms with Gasteiger partial charge in [0, 0.05) is 16.1 Å². The number of benzene rings is 1. The number of halogens is 1. The van der Waals surface area contributed by atoms with Gasteiger partial charge in [-0.1, -0.05) is 6.08 Å². The molecule has 0 aliphatic carbocycles. The van der Waals surface area contributed by atoms with Gasteiger partial charge in [-0.25, -0.2) is 9.18 Å². The third-order valence-electron chi connectivity index (χ3n) is 2.36. The summed E-state index contributed by atoms with van der Waals surface area (Å²) in [5.41, 5.74) is 0. The molecule has 5 heteroatoms. The summed E-state index contributed by atoms with van der Waals surface area (Å²) < 4.78 is 14.0. The molecule has 0 saturated heterocycles. The van der Waals surface area contributed by atoms with Crippen LogP contribution in [0.1, 0.15) is 4.88 Å². The Morgan fingerprint density at radius 2 is 2.22 bits per heavy atom. The number of carbonyl (C=O) groups excluding carboxylic acids is 1. The van der Waals surface area contributed by atoms with E-state index in [-0.39, 0.29) is 11.8 Å². The summed E-state index contributed by atoms with van der Waals surface area (Å²) in [5, 5.41) is 6.21. The van der Waals surface area contributed by atoms with Crippen LogP contribution in [0, 0.1) is 5.82 Å². The molecule has 0 spiro atoms. The Kier molecular flexibility index (Phi) is 3.94. The Morgan fingerprint density at radius 1 is 1.39 bits per heavy atom. The van der Waals surface area contributed by atoms with Crippen molar-refractivity contribution < 1.29 is 9.18 Å². The monoisotopic (exact) mass is 264 g/mol. The zero-order valence-electron chi connectivity index (χ0n) is 9.70. The highest BCUT2D eigenvalue weighted by Crippen LogP contribution is 2.26. The first-order valence-electron chi connectivity index (χ1n) is 5.49. The Hall–Kier alpha value is -1.88. The van der Waals surface area contributed by atoms with Crippen LogP contribution in [0.25, 0.3) is 10.1 Å². The van der Waals surface area contributed by atoms with Gasteiger partial charge in [-0.3, -0.25) is 0 Å². The summed E-state index contributed by atoms with van der Waals surface area (Å²) in [4.78, 5) is 12.3. The van der Waals surface area contributed by atoms with Crippen LogP contribution >= 0.6 is 11.3 Å². The molecule has 0 aliphatic rings. The van der Waals surface area contributed by atoms with Crippen LogP contribution in [-0.2, 0) is 6.54 Å². The highest BCUT2D eigenvalue weighted by atomic mass is 32.1. The quantitative estimate of drug-likeness (QED) is 0.819. The number of urea groups is 1. The maximum absolute atomic E-state index is 13.0. The average Bonchev–Trinajstić information content (AvgIpc) is 2.75. The molecule has 0 unspecified atom stereocenters. The number of hydrogen-bond acceptors (Lipinski definition) is 2. The van der Waals surface area contributed by atoms with Crippen molar-refractivity contribution in [2.45, 2.75) is 6.54 Å². The van der Waals surface area contributed by atoms with Crippen LogP contribution in [0.15, 0.2) is 36.9 Å². The molecule has 2 rings (SSSR count). The van der Waals surface area contributed by atoms with E-state index in [9.17, 15) is 9.18 Å². The predicted molar refractivity (Wildman–Crippen MR) is 72.2 cm³/mol. The van der Waals surface area contributed by atoms with Crippen molar-refractivity contribution in [3.05, 3.63) is 47.6 Å². The standard InChI is InChI=1S/C13H13FN2OS/c1-2-5-15-13(17)16-8-11-7-9-6-10(14)3-4-12(9)18-11/h2-4,6-7H,1,5,8H2,(H2,15,16,17). The van der Waals surface area contributed by atoms with E-state index in [1.54, 1.807) is 23.5 Å². The van der Waals surface area contributed by atoms with Gasteiger partial charge in [0.15, 0.2) is 0 Å². The fraction of sp³-hybridized carbons (Fsp3) is 0.154. The second-order valence-corrected chi connectivity index (χ2v) is 4.92. The number of rotatable bonds is 4. The molecule has 2 amide bonds. The van der Waals surface area contributed by atoms with E-state index >= 15 is 0 Å². The Bertz CT molecular complexity index is 579. The van der Waals surface area contributed by atoms with Crippen molar-refractivity contribution in [2.75, 3.05) is 6.54 Å². The topological polar surface area (TPSA) is 41.1 Å². The first kappa shape index (κ1) is 12.6. The molecule has 3 nitrogen and oxygen atoms in total.